The van der Waals surface area contributed by atoms with Crippen LogP contribution in [0.25, 0.3) is 0 Å². The number of rotatable bonds is 4. The molecule has 0 atom stereocenters. The van der Waals surface area contributed by atoms with Gasteiger partial charge in [-0.3, -0.25) is 4.79 Å². The third-order valence-electron chi connectivity index (χ3n) is 2.38. The molecule has 17 heavy (non-hydrogen) atoms. The molecule has 4 nitrogen and oxygen atoms in total. The number of hydrogen-bond donors (Lipinski definition) is 2. The highest BCUT2D eigenvalue weighted by Gasteiger charge is 2.06. The maximum absolute atomic E-state index is 13.3. The van der Waals surface area contributed by atoms with Crippen LogP contribution in [0.4, 0.5) is 4.39 Å². The molecule has 2 N–H and O–H groups in total. The van der Waals surface area contributed by atoms with Crippen LogP contribution in [-0.4, -0.2) is 22.4 Å². The third-order valence-corrected chi connectivity index (χ3v) is 2.38. The molecule has 0 saturated carbocycles. The van der Waals surface area contributed by atoms with Crippen molar-refractivity contribution in [3.63, 3.8) is 0 Å². The summed E-state index contributed by atoms with van der Waals surface area (Å²) in [6.07, 6.45) is 3.34. The summed E-state index contributed by atoms with van der Waals surface area (Å²) in [5, 5.41) is 2.68. The van der Waals surface area contributed by atoms with E-state index in [2.05, 4.69) is 15.3 Å². The number of halogens is 1. The molecule has 2 aromatic rings. The Morgan fingerprint density at radius 3 is 2.94 bits per heavy atom. The Bertz CT molecular complexity index is 496. The van der Waals surface area contributed by atoms with Crippen LogP contribution in [0.2, 0.25) is 0 Å². The number of nitrogens with zero attached hydrogens (tertiary/aromatic N) is 1. The van der Waals surface area contributed by atoms with Crippen LogP contribution in [0.1, 0.15) is 16.1 Å². The summed E-state index contributed by atoms with van der Waals surface area (Å²) in [6.45, 7) is 0.388. The number of benzene rings is 1. The van der Waals surface area contributed by atoms with Gasteiger partial charge in [-0.15, -0.1) is 0 Å². The van der Waals surface area contributed by atoms with Gasteiger partial charge in [0.05, 0.1) is 12.5 Å². The van der Waals surface area contributed by atoms with E-state index in [0.717, 1.165) is 0 Å². The maximum atomic E-state index is 13.3. The summed E-state index contributed by atoms with van der Waals surface area (Å²) in [7, 11) is 0. The number of H-pyrrole nitrogens is 1. The molecule has 1 aromatic heterocycles. The van der Waals surface area contributed by atoms with Gasteiger partial charge in [0.15, 0.2) is 0 Å². The van der Waals surface area contributed by atoms with Gasteiger partial charge in [-0.05, 0) is 18.1 Å². The van der Waals surface area contributed by atoms with E-state index in [1.165, 1.54) is 18.6 Å². The molecule has 88 valence electrons. The normalized spacial score (nSPS) is 10.2. The lowest BCUT2D eigenvalue weighted by Gasteiger charge is -2.04. The Balaban J connectivity index is 1.84. The molecule has 0 aliphatic rings. The van der Waals surface area contributed by atoms with E-state index in [1.807, 2.05) is 0 Å². The van der Waals surface area contributed by atoms with E-state index in [4.69, 9.17) is 0 Å². The second-order valence-corrected chi connectivity index (χ2v) is 3.56. The first kappa shape index (κ1) is 11.3. The fourth-order valence-corrected chi connectivity index (χ4v) is 1.49. The van der Waals surface area contributed by atoms with Crippen LogP contribution in [0.3, 0.4) is 0 Å². The van der Waals surface area contributed by atoms with E-state index >= 15 is 0 Å². The maximum Gasteiger partial charge on any atom is 0.269 e. The van der Waals surface area contributed by atoms with Crippen LogP contribution in [0, 0.1) is 5.82 Å². The number of carbonyl (C=O) groups excluding carboxylic acids is 1. The first-order valence-corrected chi connectivity index (χ1v) is 5.27. The van der Waals surface area contributed by atoms with E-state index in [-0.39, 0.29) is 11.7 Å². The predicted molar refractivity (Wildman–Crippen MR) is 61.0 cm³/mol. The molecule has 0 unspecified atom stereocenters. The van der Waals surface area contributed by atoms with Crippen LogP contribution >= 0.6 is 0 Å². The van der Waals surface area contributed by atoms with Gasteiger partial charge in [0.25, 0.3) is 5.91 Å². The topological polar surface area (TPSA) is 57.8 Å². The molecular weight excluding hydrogens is 221 g/mol. The van der Waals surface area contributed by atoms with Crippen molar-refractivity contribution >= 4 is 5.91 Å². The zero-order valence-corrected chi connectivity index (χ0v) is 9.11. The lowest BCUT2D eigenvalue weighted by molar-refractivity contribution is 0.0949. The molecule has 1 amide bonds. The van der Waals surface area contributed by atoms with Gasteiger partial charge in [0.1, 0.15) is 11.5 Å². The van der Waals surface area contributed by atoms with E-state index in [0.29, 0.717) is 24.2 Å². The quantitative estimate of drug-likeness (QED) is 0.841. The molecule has 0 bridgehead atoms. The monoisotopic (exact) mass is 233 g/mol. The van der Waals surface area contributed by atoms with Crippen molar-refractivity contribution in [2.75, 3.05) is 6.54 Å². The SMILES string of the molecule is O=C(NCCc1ccccc1F)c1cnc[nH]1. The molecule has 0 aliphatic carbocycles. The summed E-state index contributed by atoms with van der Waals surface area (Å²) < 4.78 is 13.3. The molecule has 5 heteroatoms. The molecule has 0 aliphatic heterocycles. The minimum absolute atomic E-state index is 0.237. The lowest BCUT2D eigenvalue weighted by atomic mass is 10.1. The number of amides is 1. The van der Waals surface area contributed by atoms with Gasteiger partial charge in [0.2, 0.25) is 0 Å². The van der Waals surface area contributed by atoms with Gasteiger partial charge >= 0.3 is 0 Å². The number of nitrogens with one attached hydrogen (secondary N) is 2. The second-order valence-electron chi connectivity index (χ2n) is 3.56. The molecule has 0 spiro atoms. The standard InChI is InChI=1S/C12H12FN3O/c13-10-4-2-1-3-9(10)5-6-15-12(17)11-7-14-8-16-11/h1-4,7-8H,5-6H2,(H,14,16)(H,15,17). The molecule has 1 aromatic carbocycles. The Kier molecular flexibility index (Phi) is 3.49. The van der Waals surface area contributed by atoms with E-state index in [9.17, 15) is 9.18 Å². The molecule has 0 radical (unpaired) electrons. The fourth-order valence-electron chi connectivity index (χ4n) is 1.49. The van der Waals surface area contributed by atoms with Crippen molar-refractivity contribution in [3.05, 3.63) is 53.9 Å². The van der Waals surface area contributed by atoms with Gasteiger partial charge < -0.3 is 10.3 Å². The highest BCUT2D eigenvalue weighted by Crippen LogP contribution is 2.06. The van der Waals surface area contributed by atoms with Gasteiger partial charge in [-0.1, -0.05) is 18.2 Å². The third kappa shape index (κ3) is 2.90. The number of imidazole rings is 1. The molecule has 2 rings (SSSR count). The number of carbonyl (C=O) groups is 1. The van der Waals surface area contributed by atoms with Crippen LogP contribution in [0.15, 0.2) is 36.8 Å². The van der Waals surface area contributed by atoms with Crippen LogP contribution in [-0.2, 0) is 6.42 Å². The second kappa shape index (κ2) is 5.25. The zero-order chi connectivity index (χ0) is 12.1. The summed E-state index contributed by atoms with van der Waals surface area (Å²) in [5.41, 5.74) is 0.996. The zero-order valence-electron chi connectivity index (χ0n) is 9.11. The van der Waals surface area contributed by atoms with Crippen LogP contribution in [0.5, 0.6) is 0 Å². The summed E-state index contributed by atoms with van der Waals surface area (Å²) >= 11 is 0. The number of hydrogen-bond acceptors (Lipinski definition) is 2. The molecule has 0 fully saturated rings. The predicted octanol–water partition coefficient (Wildman–Crippen LogP) is 1.52. The molecule has 0 saturated heterocycles. The largest absolute Gasteiger partial charge is 0.350 e. The van der Waals surface area contributed by atoms with Crippen LogP contribution < -0.4 is 5.32 Å². The average molecular weight is 233 g/mol. The number of aromatic nitrogens is 2. The smallest absolute Gasteiger partial charge is 0.269 e. The lowest BCUT2D eigenvalue weighted by Crippen LogP contribution is -2.26. The van der Waals surface area contributed by atoms with Gasteiger partial charge in [-0.2, -0.15) is 0 Å². The average Bonchev–Trinajstić information content (AvgIpc) is 2.85. The molecular formula is C12H12FN3O. The number of aromatic amines is 1. The first-order chi connectivity index (χ1) is 8.27. The van der Waals surface area contributed by atoms with Crippen molar-refractivity contribution in [1.29, 1.82) is 0 Å². The fraction of sp³-hybridized carbons (Fsp3) is 0.167. The van der Waals surface area contributed by atoms with E-state index in [1.54, 1.807) is 18.2 Å². The Hall–Kier alpha value is -2.17. The van der Waals surface area contributed by atoms with Gasteiger partial charge in [0, 0.05) is 6.54 Å². The highest BCUT2D eigenvalue weighted by atomic mass is 19.1. The Morgan fingerprint density at radius 2 is 2.24 bits per heavy atom. The molecule has 1 heterocycles. The van der Waals surface area contributed by atoms with Crippen molar-refractivity contribution in [3.8, 4) is 0 Å². The first-order valence-electron chi connectivity index (χ1n) is 5.27. The van der Waals surface area contributed by atoms with Crippen molar-refractivity contribution < 1.29 is 9.18 Å². The summed E-state index contributed by atoms with van der Waals surface area (Å²) in [6, 6.07) is 6.53. The Morgan fingerprint density at radius 1 is 1.41 bits per heavy atom. The highest BCUT2D eigenvalue weighted by molar-refractivity contribution is 5.91. The van der Waals surface area contributed by atoms with Crippen molar-refractivity contribution in [1.82, 2.24) is 15.3 Å². The van der Waals surface area contributed by atoms with Crippen molar-refractivity contribution in [2.45, 2.75) is 6.42 Å². The van der Waals surface area contributed by atoms with E-state index < -0.39 is 0 Å². The van der Waals surface area contributed by atoms with Crippen molar-refractivity contribution in [2.24, 2.45) is 0 Å². The summed E-state index contributed by atoms with van der Waals surface area (Å²) in [5.74, 6) is -0.484. The van der Waals surface area contributed by atoms with Gasteiger partial charge in [-0.25, -0.2) is 9.37 Å². The minimum atomic E-state index is -0.247. The Labute approximate surface area is 97.9 Å². The summed E-state index contributed by atoms with van der Waals surface area (Å²) in [4.78, 5) is 18.0. The minimum Gasteiger partial charge on any atom is -0.350 e.